The zero-order valence-electron chi connectivity index (χ0n) is 10.3. The lowest BCUT2D eigenvalue weighted by molar-refractivity contribution is -0.139. The van der Waals surface area contributed by atoms with Crippen LogP contribution in [0.2, 0.25) is 5.02 Å². The molecule has 0 heterocycles. The molecule has 0 amide bonds. The highest BCUT2D eigenvalue weighted by molar-refractivity contribution is 6.30. The molecular weight excluding hydrogens is 315 g/mol. The van der Waals surface area contributed by atoms with Crippen molar-refractivity contribution in [2.75, 3.05) is 0 Å². The number of rotatable bonds is 2. The second kappa shape index (κ2) is 5.61. The molecule has 0 saturated carbocycles. The summed E-state index contributed by atoms with van der Waals surface area (Å²) in [6.45, 7) is 0. The molecule has 0 aromatic heterocycles. The van der Waals surface area contributed by atoms with E-state index >= 15 is 0 Å². The van der Waals surface area contributed by atoms with Gasteiger partial charge in [0.25, 0.3) is 0 Å². The highest BCUT2D eigenvalue weighted by atomic mass is 35.5. The summed E-state index contributed by atoms with van der Waals surface area (Å²) in [7, 11) is 0. The van der Waals surface area contributed by atoms with Gasteiger partial charge in [-0.2, -0.15) is 13.2 Å². The van der Waals surface area contributed by atoms with Crippen LogP contribution in [0.1, 0.15) is 22.8 Å². The number of alkyl halides is 3. The van der Waals surface area contributed by atoms with Gasteiger partial charge in [-0.3, -0.25) is 0 Å². The van der Waals surface area contributed by atoms with Gasteiger partial charge < -0.3 is 5.11 Å². The van der Waals surface area contributed by atoms with Gasteiger partial charge >= 0.3 is 6.18 Å². The van der Waals surface area contributed by atoms with Crippen molar-refractivity contribution in [2.45, 2.75) is 12.3 Å². The van der Waals surface area contributed by atoms with E-state index in [0.717, 1.165) is 24.3 Å². The molecule has 0 fully saturated rings. The summed E-state index contributed by atoms with van der Waals surface area (Å²) in [5, 5.41) is 10.0. The summed E-state index contributed by atoms with van der Waals surface area (Å²) in [5.74, 6) is -2.05. The lowest BCUT2D eigenvalue weighted by atomic mass is 9.96. The van der Waals surface area contributed by atoms with Crippen LogP contribution in [-0.4, -0.2) is 5.11 Å². The summed E-state index contributed by atoms with van der Waals surface area (Å²) in [6, 6.07) is 4.98. The number of aliphatic hydroxyl groups is 1. The predicted molar refractivity (Wildman–Crippen MR) is 66.9 cm³/mol. The Morgan fingerprint density at radius 1 is 0.952 bits per heavy atom. The van der Waals surface area contributed by atoms with Crippen LogP contribution in [0.5, 0.6) is 0 Å². The summed E-state index contributed by atoms with van der Waals surface area (Å²) >= 11 is 5.54. The SMILES string of the molecule is OC(c1ccc(Cl)cc1F)c1ccc(F)cc1C(F)(F)F. The maximum absolute atomic E-state index is 13.7. The Kier molecular flexibility index (Phi) is 4.20. The summed E-state index contributed by atoms with van der Waals surface area (Å²) in [6.07, 6.45) is -6.76. The maximum Gasteiger partial charge on any atom is 0.416 e. The van der Waals surface area contributed by atoms with Crippen LogP contribution in [0.15, 0.2) is 36.4 Å². The van der Waals surface area contributed by atoms with Crippen LogP contribution in [0.4, 0.5) is 22.0 Å². The Balaban J connectivity index is 2.55. The third-order valence-electron chi connectivity index (χ3n) is 2.87. The van der Waals surface area contributed by atoms with E-state index in [-0.39, 0.29) is 16.7 Å². The van der Waals surface area contributed by atoms with E-state index in [9.17, 15) is 27.1 Å². The number of halogens is 6. The summed E-state index contributed by atoms with van der Waals surface area (Å²) in [4.78, 5) is 0. The third-order valence-corrected chi connectivity index (χ3v) is 3.11. The Morgan fingerprint density at radius 2 is 1.57 bits per heavy atom. The van der Waals surface area contributed by atoms with E-state index < -0.39 is 35.0 Å². The first-order chi connectivity index (χ1) is 9.70. The molecule has 2 rings (SSSR count). The molecule has 1 N–H and O–H groups in total. The molecule has 7 heteroatoms. The molecule has 0 aliphatic rings. The third kappa shape index (κ3) is 3.33. The zero-order valence-corrected chi connectivity index (χ0v) is 11.0. The molecule has 0 aliphatic carbocycles. The molecule has 0 aliphatic heterocycles. The average molecular weight is 323 g/mol. The molecule has 1 unspecified atom stereocenters. The van der Waals surface area contributed by atoms with Crippen LogP contribution in [0, 0.1) is 11.6 Å². The first kappa shape index (κ1) is 15.7. The first-order valence-corrected chi connectivity index (χ1v) is 6.07. The normalized spacial score (nSPS) is 13.3. The predicted octanol–water partition coefficient (Wildman–Crippen LogP) is 4.72. The lowest BCUT2D eigenvalue weighted by Gasteiger charge is -2.18. The molecule has 0 saturated heterocycles. The van der Waals surface area contributed by atoms with Crippen molar-refractivity contribution in [3.05, 3.63) is 69.7 Å². The van der Waals surface area contributed by atoms with Gasteiger partial charge in [0.15, 0.2) is 0 Å². The van der Waals surface area contributed by atoms with Gasteiger partial charge in [-0.25, -0.2) is 8.78 Å². The minimum absolute atomic E-state index is 0.0404. The van der Waals surface area contributed by atoms with Gasteiger partial charge in [0, 0.05) is 10.6 Å². The Labute approximate surface area is 121 Å². The van der Waals surface area contributed by atoms with Gasteiger partial charge in [-0.1, -0.05) is 23.7 Å². The molecule has 112 valence electrons. The topological polar surface area (TPSA) is 20.2 Å². The van der Waals surface area contributed by atoms with E-state index in [1.807, 2.05) is 0 Å². The maximum atomic E-state index is 13.7. The average Bonchev–Trinajstić information content (AvgIpc) is 2.37. The standard InChI is InChI=1S/C14H8ClF5O/c15-7-1-3-10(12(17)5-7)13(21)9-4-2-8(16)6-11(9)14(18,19)20/h1-6,13,21H. The number of hydrogen-bond donors (Lipinski definition) is 1. The zero-order chi connectivity index (χ0) is 15.8. The fraction of sp³-hybridized carbons (Fsp3) is 0.143. The van der Waals surface area contributed by atoms with Crippen LogP contribution >= 0.6 is 11.6 Å². The highest BCUT2D eigenvalue weighted by Gasteiger charge is 2.36. The molecule has 1 atom stereocenters. The molecule has 21 heavy (non-hydrogen) atoms. The van der Waals surface area contributed by atoms with E-state index in [0.29, 0.717) is 0 Å². The first-order valence-electron chi connectivity index (χ1n) is 5.70. The van der Waals surface area contributed by atoms with Crippen LogP contribution < -0.4 is 0 Å². The monoisotopic (exact) mass is 322 g/mol. The highest BCUT2D eigenvalue weighted by Crippen LogP contribution is 2.37. The van der Waals surface area contributed by atoms with E-state index in [2.05, 4.69) is 0 Å². The van der Waals surface area contributed by atoms with E-state index in [1.165, 1.54) is 6.07 Å². The van der Waals surface area contributed by atoms with Crippen molar-refractivity contribution in [1.82, 2.24) is 0 Å². The molecular formula is C14H8ClF5O. The molecule has 2 aromatic rings. The van der Waals surface area contributed by atoms with Gasteiger partial charge in [0.2, 0.25) is 0 Å². The molecule has 0 bridgehead atoms. The quantitative estimate of drug-likeness (QED) is 0.793. The van der Waals surface area contributed by atoms with E-state index in [1.54, 1.807) is 0 Å². The van der Waals surface area contributed by atoms with Crippen LogP contribution in [-0.2, 0) is 6.18 Å². The van der Waals surface area contributed by atoms with Gasteiger partial charge in [0.05, 0.1) is 5.56 Å². The fourth-order valence-corrected chi connectivity index (χ4v) is 2.06. The second-order valence-electron chi connectivity index (χ2n) is 4.30. The summed E-state index contributed by atoms with van der Waals surface area (Å²) in [5.41, 5.74) is -2.37. The van der Waals surface area contributed by atoms with E-state index in [4.69, 9.17) is 11.6 Å². The number of benzene rings is 2. The van der Waals surface area contributed by atoms with Gasteiger partial charge in [-0.05, 0) is 29.8 Å². The Hall–Kier alpha value is -1.66. The molecule has 0 spiro atoms. The smallest absolute Gasteiger partial charge is 0.384 e. The molecule has 1 nitrogen and oxygen atoms in total. The molecule has 0 radical (unpaired) electrons. The van der Waals surface area contributed by atoms with Crippen molar-refractivity contribution >= 4 is 11.6 Å². The number of aliphatic hydroxyl groups excluding tert-OH is 1. The van der Waals surface area contributed by atoms with Gasteiger partial charge in [-0.15, -0.1) is 0 Å². The van der Waals surface area contributed by atoms with Crippen molar-refractivity contribution in [3.63, 3.8) is 0 Å². The van der Waals surface area contributed by atoms with Crippen molar-refractivity contribution < 1.29 is 27.1 Å². The second-order valence-corrected chi connectivity index (χ2v) is 4.73. The Morgan fingerprint density at radius 3 is 2.14 bits per heavy atom. The molecule has 2 aromatic carbocycles. The van der Waals surface area contributed by atoms with Crippen LogP contribution in [0.3, 0.4) is 0 Å². The van der Waals surface area contributed by atoms with Crippen molar-refractivity contribution in [2.24, 2.45) is 0 Å². The largest absolute Gasteiger partial charge is 0.416 e. The fourth-order valence-electron chi connectivity index (χ4n) is 1.90. The van der Waals surface area contributed by atoms with Crippen LogP contribution in [0.25, 0.3) is 0 Å². The number of hydrogen-bond acceptors (Lipinski definition) is 1. The summed E-state index contributed by atoms with van der Waals surface area (Å²) < 4.78 is 65.3. The van der Waals surface area contributed by atoms with Crippen molar-refractivity contribution in [3.8, 4) is 0 Å². The van der Waals surface area contributed by atoms with Crippen molar-refractivity contribution in [1.29, 1.82) is 0 Å². The van der Waals surface area contributed by atoms with Gasteiger partial charge in [0.1, 0.15) is 17.7 Å². The minimum Gasteiger partial charge on any atom is -0.384 e. The lowest BCUT2D eigenvalue weighted by Crippen LogP contribution is -2.14. The minimum atomic E-state index is -4.87. The Bertz CT molecular complexity index is 669.